The molecule has 9 heteroatoms. The van der Waals surface area contributed by atoms with E-state index in [0.29, 0.717) is 12.5 Å². The number of hydrogen-bond acceptors (Lipinski definition) is 5. The molecule has 0 aliphatic carbocycles. The van der Waals surface area contributed by atoms with Crippen LogP contribution in [0.3, 0.4) is 0 Å². The molecule has 0 saturated heterocycles. The first-order valence-electron chi connectivity index (χ1n) is 6.52. The molecule has 1 rings (SSSR count). The van der Waals surface area contributed by atoms with Crippen molar-refractivity contribution in [1.29, 1.82) is 0 Å². The van der Waals surface area contributed by atoms with Crippen LogP contribution in [0.2, 0.25) is 0 Å². The number of rotatable bonds is 8. The lowest BCUT2D eigenvalue weighted by molar-refractivity contribution is 0.600. The van der Waals surface area contributed by atoms with Gasteiger partial charge in [0.2, 0.25) is 10.0 Å². The van der Waals surface area contributed by atoms with Gasteiger partial charge in [-0.15, -0.1) is 11.3 Å². The van der Waals surface area contributed by atoms with Crippen LogP contribution in [0.4, 0.5) is 0 Å². The van der Waals surface area contributed by atoms with Gasteiger partial charge in [0.1, 0.15) is 4.21 Å². The van der Waals surface area contributed by atoms with Crippen molar-refractivity contribution in [3.63, 3.8) is 0 Å². The van der Waals surface area contributed by atoms with Crippen molar-refractivity contribution in [2.75, 3.05) is 25.6 Å². The van der Waals surface area contributed by atoms with Crippen LogP contribution in [0.1, 0.15) is 17.7 Å². The zero-order valence-corrected chi connectivity index (χ0v) is 14.7. The highest BCUT2D eigenvalue weighted by Crippen LogP contribution is 2.19. The Morgan fingerprint density at radius 1 is 1.38 bits per heavy atom. The highest BCUT2D eigenvalue weighted by molar-refractivity contribution is 7.98. The van der Waals surface area contributed by atoms with Crippen molar-refractivity contribution in [3.8, 4) is 0 Å². The summed E-state index contributed by atoms with van der Waals surface area (Å²) >= 11 is 3.01. The zero-order chi connectivity index (χ0) is 15.7. The Hall–Kier alpha value is -0.770. The minimum atomic E-state index is -3.61. The van der Waals surface area contributed by atoms with Gasteiger partial charge in [-0.05, 0) is 37.0 Å². The average molecular weight is 351 g/mol. The molecule has 0 aliphatic heterocycles. The molecule has 0 saturated carbocycles. The quantitative estimate of drug-likeness (QED) is 0.372. The minimum Gasteiger partial charge on any atom is -0.356 e. The Morgan fingerprint density at radius 3 is 2.71 bits per heavy atom. The summed E-state index contributed by atoms with van der Waals surface area (Å²) in [4.78, 5) is 5.02. The standard InChI is InChI=1S/C12H22N4O2S3/c1-14-12(15-7-3-4-8-19-2)16-9-10-5-6-11(20-10)21(13,17)18/h5-6H,3-4,7-9H2,1-2H3,(H2,13,17,18)(H2,14,15,16). The van der Waals surface area contributed by atoms with Gasteiger partial charge >= 0.3 is 0 Å². The number of nitrogens with one attached hydrogen (secondary N) is 2. The third-order valence-corrected chi connectivity index (χ3v) is 5.86. The molecule has 0 bridgehead atoms. The summed E-state index contributed by atoms with van der Waals surface area (Å²) in [6.45, 7) is 1.39. The zero-order valence-electron chi connectivity index (χ0n) is 12.3. The van der Waals surface area contributed by atoms with Gasteiger partial charge < -0.3 is 10.6 Å². The SMILES string of the molecule is CN=C(NCCCCSC)NCc1ccc(S(N)(=O)=O)s1. The summed E-state index contributed by atoms with van der Waals surface area (Å²) in [6.07, 6.45) is 4.37. The second kappa shape index (κ2) is 9.29. The fourth-order valence-corrected chi connectivity index (χ4v) is 3.79. The monoisotopic (exact) mass is 350 g/mol. The molecule has 0 unspecified atom stereocenters. The Bertz CT molecular complexity index is 555. The van der Waals surface area contributed by atoms with Crippen LogP contribution >= 0.6 is 23.1 Å². The summed E-state index contributed by atoms with van der Waals surface area (Å²) in [7, 11) is -1.90. The smallest absolute Gasteiger partial charge is 0.247 e. The molecule has 6 nitrogen and oxygen atoms in total. The van der Waals surface area contributed by atoms with E-state index in [1.54, 1.807) is 13.1 Å². The van der Waals surface area contributed by atoms with E-state index in [4.69, 9.17) is 5.14 Å². The molecule has 0 aliphatic rings. The number of unbranched alkanes of at least 4 members (excludes halogenated alkanes) is 1. The van der Waals surface area contributed by atoms with E-state index in [9.17, 15) is 8.42 Å². The number of thioether (sulfide) groups is 1. The van der Waals surface area contributed by atoms with E-state index in [-0.39, 0.29) is 4.21 Å². The van der Waals surface area contributed by atoms with Crippen LogP contribution in [-0.4, -0.2) is 40.0 Å². The Kier molecular flexibility index (Phi) is 8.09. The van der Waals surface area contributed by atoms with Crippen LogP contribution in [0.5, 0.6) is 0 Å². The van der Waals surface area contributed by atoms with E-state index in [1.807, 2.05) is 11.8 Å². The Morgan fingerprint density at radius 2 is 2.14 bits per heavy atom. The highest BCUT2D eigenvalue weighted by Gasteiger charge is 2.11. The van der Waals surface area contributed by atoms with Gasteiger partial charge in [-0.3, -0.25) is 4.99 Å². The van der Waals surface area contributed by atoms with Gasteiger partial charge in [0.25, 0.3) is 0 Å². The van der Waals surface area contributed by atoms with Crippen molar-refractivity contribution < 1.29 is 8.42 Å². The van der Waals surface area contributed by atoms with Crippen molar-refractivity contribution in [3.05, 3.63) is 17.0 Å². The van der Waals surface area contributed by atoms with Gasteiger partial charge in [-0.1, -0.05) is 0 Å². The number of primary sulfonamides is 1. The maximum absolute atomic E-state index is 11.2. The molecule has 0 atom stereocenters. The van der Waals surface area contributed by atoms with E-state index in [2.05, 4.69) is 21.9 Å². The Balaban J connectivity index is 2.37. The predicted octanol–water partition coefficient (Wildman–Crippen LogP) is 1.20. The molecule has 1 aromatic heterocycles. The highest BCUT2D eigenvalue weighted by atomic mass is 32.2. The van der Waals surface area contributed by atoms with Crippen LogP contribution < -0.4 is 15.8 Å². The molecule has 0 spiro atoms. The van der Waals surface area contributed by atoms with Crippen molar-refractivity contribution in [2.24, 2.45) is 10.1 Å². The normalized spacial score (nSPS) is 12.4. The third kappa shape index (κ3) is 7.16. The second-order valence-electron chi connectivity index (χ2n) is 4.32. The fourth-order valence-electron chi connectivity index (χ4n) is 1.58. The third-order valence-electron chi connectivity index (χ3n) is 2.64. The molecule has 1 aromatic rings. The number of hydrogen-bond donors (Lipinski definition) is 3. The molecule has 4 N–H and O–H groups in total. The summed E-state index contributed by atoms with van der Waals surface area (Å²) in [6, 6.07) is 3.28. The van der Waals surface area contributed by atoms with Gasteiger partial charge in [-0.25, -0.2) is 13.6 Å². The lowest BCUT2D eigenvalue weighted by atomic mass is 10.3. The fraction of sp³-hybridized carbons (Fsp3) is 0.583. The average Bonchev–Trinajstić information content (AvgIpc) is 2.91. The van der Waals surface area contributed by atoms with Crippen LogP contribution in [-0.2, 0) is 16.6 Å². The first-order chi connectivity index (χ1) is 9.97. The van der Waals surface area contributed by atoms with E-state index < -0.39 is 10.0 Å². The molecule has 21 heavy (non-hydrogen) atoms. The molecule has 0 amide bonds. The summed E-state index contributed by atoms with van der Waals surface area (Å²) in [5.74, 6) is 1.88. The Labute approximate surface area is 134 Å². The lowest BCUT2D eigenvalue weighted by Crippen LogP contribution is -2.37. The van der Waals surface area contributed by atoms with Gasteiger partial charge in [0, 0.05) is 18.5 Å². The van der Waals surface area contributed by atoms with Crippen molar-refractivity contribution in [1.82, 2.24) is 10.6 Å². The van der Waals surface area contributed by atoms with Gasteiger partial charge in [0.05, 0.1) is 6.54 Å². The molecule has 120 valence electrons. The molecule has 1 heterocycles. The maximum atomic E-state index is 11.2. The molecular weight excluding hydrogens is 328 g/mol. The lowest BCUT2D eigenvalue weighted by Gasteiger charge is -2.10. The minimum absolute atomic E-state index is 0.180. The first kappa shape index (κ1) is 18.3. The molecular formula is C12H22N4O2S3. The molecule has 0 fully saturated rings. The van der Waals surface area contributed by atoms with Crippen molar-refractivity contribution in [2.45, 2.75) is 23.6 Å². The van der Waals surface area contributed by atoms with E-state index in [0.717, 1.165) is 17.8 Å². The second-order valence-corrected chi connectivity index (χ2v) is 8.26. The first-order valence-corrected chi connectivity index (χ1v) is 10.3. The molecule has 0 radical (unpaired) electrons. The molecule has 0 aromatic carbocycles. The van der Waals surface area contributed by atoms with E-state index in [1.165, 1.54) is 29.6 Å². The number of guanidine groups is 1. The number of aliphatic imine (C=N–C) groups is 1. The maximum Gasteiger partial charge on any atom is 0.247 e. The van der Waals surface area contributed by atoms with Crippen LogP contribution in [0.15, 0.2) is 21.3 Å². The number of nitrogens with two attached hydrogens (primary N) is 1. The summed E-state index contributed by atoms with van der Waals surface area (Å²) in [5, 5.41) is 11.5. The van der Waals surface area contributed by atoms with Crippen LogP contribution in [0, 0.1) is 0 Å². The van der Waals surface area contributed by atoms with E-state index >= 15 is 0 Å². The van der Waals surface area contributed by atoms with Crippen LogP contribution in [0.25, 0.3) is 0 Å². The number of sulfonamides is 1. The predicted molar refractivity (Wildman–Crippen MR) is 91.5 cm³/mol. The largest absolute Gasteiger partial charge is 0.356 e. The summed E-state index contributed by atoms with van der Waals surface area (Å²) < 4.78 is 22.6. The number of nitrogens with zero attached hydrogens (tertiary/aromatic N) is 1. The van der Waals surface area contributed by atoms with Gasteiger partial charge in [0.15, 0.2) is 5.96 Å². The van der Waals surface area contributed by atoms with Crippen molar-refractivity contribution >= 4 is 39.1 Å². The summed E-state index contributed by atoms with van der Waals surface area (Å²) in [5.41, 5.74) is 0. The number of thiophene rings is 1. The van der Waals surface area contributed by atoms with Gasteiger partial charge in [-0.2, -0.15) is 11.8 Å². The topological polar surface area (TPSA) is 96.6 Å².